The summed E-state index contributed by atoms with van der Waals surface area (Å²) in [5.41, 5.74) is 2.44. The van der Waals surface area contributed by atoms with Crippen molar-refractivity contribution in [2.24, 2.45) is 0 Å². The van der Waals surface area contributed by atoms with E-state index >= 15 is 0 Å². The van der Waals surface area contributed by atoms with E-state index < -0.39 is 10.0 Å². The van der Waals surface area contributed by atoms with Gasteiger partial charge in [0.25, 0.3) is 15.9 Å². The summed E-state index contributed by atoms with van der Waals surface area (Å²) in [4.78, 5) is 12.6. The largest absolute Gasteiger partial charge is 0.349 e. The van der Waals surface area contributed by atoms with Gasteiger partial charge in [-0.05, 0) is 62.1 Å². The summed E-state index contributed by atoms with van der Waals surface area (Å²) >= 11 is 0. The molecule has 0 unspecified atom stereocenters. The van der Waals surface area contributed by atoms with Crippen molar-refractivity contribution in [3.63, 3.8) is 0 Å². The van der Waals surface area contributed by atoms with E-state index in [9.17, 15) is 13.2 Å². The zero-order chi connectivity index (χ0) is 18.7. The Balaban J connectivity index is 1.85. The average Bonchev–Trinajstić information content (AvgIpc) is 3.07. The van der Waals surface area contributed by atoms with Gasteiger partial charge in [0.05, 0.1) is 4.90 Å². The number of hydrogen-bond acceptors (Lipinski definition) is 3. The van der Waals surface area contributed by atoms with Crippen LogP contribution < -0.4 is 10.0 Å². The molecule has 26 heavy (non-hydrogen) atoms. The molecular formula is C20H24N2O3S. The molecule has 0 aromatic heterocycles. The SMILES string of the molecule is Cc1cccc(NS(=O)(=O)c2cc(C(=O)NC3CCCC3)ccc2C)c1. The lowest BCUT2D eigenvalue weighted by molar-refractivity contribution is 0.0937. The fourth-order valence-electron chi connectivity index (χ4n) is 3.29. The Morgan fingerprint density at radius 3 is 2.46 bits per heavy atom. The number of sulfonamides is 1. The molecule has 138 valence electrons. The van der Waals surface area contributed by atoms with Crippen LogP contribution in [0.15, 0.2) is 47.4 Å². The van der Waals surface area contributed by atoms with Gasteiger partial charge >= 0.3 is 0 Å². The number of carbonyl (C=O) groups is 1. The van der Waals surface area contributed by atoms with Crippen molar-refractivity contribution in [2.75, 3.05) is 4.72 Å². The monoisotopic (exact) mass is 372 g/mol. The lowest BCUT2D eigenvalue weighted by Crippen LogP contribution is -2.32. The number of rotatable bonds is 5. The molecule has 0 bridgehead atoms. The Hall–Kier alpha value is -2.34. The molecule has 1 aliphatic rings. The molecule has 2 aromatic carbocycles. The van der Waals surface area contributed by atoms with Gasteiger partial charge in [-0.3, -0.25) is 9.52 Å². The first-order valence-electron chi connectivity index (χ1n) is 8.86. The van der Waals surface area contributed by atoms with Crippen LogP contribution in [0.25, 0.3) is 0 Å². The quantitative estimate of drug-likeness (QED) is 0.839. The third-order valence-electron chi connectivity index (χ3n) is 4.70. The van der Waals surface area contributed by atoms with Gasteiger partial charge in [0.15, 0.2) is 0 Å². The fourth-order valence-corrected chi connectivity index (χ4v) is 4.61. The first kappa shape index (κ1) is 18.5. The molecule has 1 aliphatic carbocycles. The van der Waals surface area contributed by atoms with Gasteiger partial charge in [0.1, 0.15) is 0 Å². The number of aryl methyl sites for hydroxylation is 2. The van der Waals surface area contributed by atoms with Gasteiger partial charge in [-0.2, -0.15) is 0 Å². The first-order valence-corrected chi connectivity index (χ1v) is 10.3. The summed E-state index contributed by atoms with van der Waals surface area (Å²) in [5, 5.41) is 3.00. The van der Waals surface area contributed by atoms with Crippen molar-refractivity contribution < 1.29 is 13.2 Å². The minimum atomic E-state index is -3.77. The fraction of sp³-hybridized carbons (Fsp3) is 0.350. The van der Waals surface area contributed by atoms with Crippen LogP contribution in [0.3, 0.4) is 0 Å². The molecule has 1 amide bonds. The van der Waals surface area contributed by atoms with Gasteiger partial charge in [-0.1, -0.05) is 31.0 Å². The van der Waals surface area contributed by atoms with Crippen LogP contribution in [0.1, 0.15) is 47.2 Å². The van der Waals surface area contributed by atoms with Crippen molar-refractivity contribution >= 4 is 21.6 Å². The summed E-state index contributed by atoms with van der Waals surface area (Å²) in [5.74, 6) is -0.219. The van der Waals surface area contributed by atoms with Gasteiger partial charge in [-0.25, -0.2) is 8.42 Å². The van der Waals surface area contributed by atoms with E-state index in [2.05, 4.69) is 10.0 Å². The summed E-state index contributed by atoms with van der Waals surface area (Å²) < 4.78 is 28.2. The van der Waals surface area contributed by atoms with E-state index in [0.717, 1.165) is 31.2 Å². The second kappa shape index (κ2) is 7.50. The molecule has 0 aliphatic heterocycles. The molecule has 0 saturated heterocycles. The molecule has 5 nitrogen and oxygen atoms in total. The summed E-state index contributed by atoms with van der Waals surface area (Å²) in [6.07, 6.45) is 4.22. The van der Waals surface area contributed by atoms with Crippen LogP contribution in [0.2, 0.25) is 0 Å². The lowest BCUT2D eigenvalue weighted by atomic mass is 10.1. The lowest BCUT2D eigenvalue weighted by Gasteiger charge is -2.14. The van der Waals surface area contributed by atoms with Gasteiger partial charge < -0.3 is 5.32 Å². The second-order valence-electron chi connectivity index (χ2n) is 6.91. The average molecular weight is 372 g/mol. The van der Waals surface area contributed by atoms with Crippen molar-refractivity contribution in [3.05, 3.63) is 59.2 Å². The van der Waals surface area contributed by atoms with E-state index in [1.54, 1.807) is 37.3 Å². The maximum absolute atomic E-state index is 12.8. The van der Waals surface area contributed by atoms with E-state index in [0.29, 0.717) is 16.8 Å². The Kier molecular flexibility index (Phi) is 5.32. The molecular weight excluding hydrogens is 348 g/mol. The van der Waals surface area contributed by atoms with E-state index in [1.807, 2.05) is 13.0 Å². The highest BCUT2D eigenvalue weighted by Gasteiger charge is 2.22. The number of carbonyl (C=O) groups excluding carboxylic acids is 1. The third kappa shape index (κ3) is 4.25. The van der Waals surface area contributed by atoms with Crippen molar-refractivity contribution in [1.29, 1.82) is 0 Å². The normalized spacial score (nSPS) is 15.0. The number of amides is 1. The van der Waals surface area contributed by atoms with Crippen LogP contribution in [0, 0.1) is 13.8 Å². The van der Waals surface area contributed by atoms with Gasteiger partial charge in [0.2, 0.25) is 0 Å². The maximum atomic E-state index is 12.8. The zero-order valence-electron chi connectivity index (χ0n) is 15.1. The number of benzene rings is 2. The molecule has 2 N–H and O–H groups in total. The summed E-state index contributed by atoms with van der Waals surface area (Å²) in [7, 11) is -3.77. The van der Waals surface area contributed by atoms with Crippen molar-refractivity contribution in [2.45, 2.75) is 50.5 Å². The van der Waals surface area contributed by atoms with Crippen molar-refractivity contribution in [1.82, 2.24) is 5.32 Å². The predicted molar refractivity (Wildman–Crippen MR) is 103 cm³/mol. The smallest absolute Gasteiger partial charge is 0.262 e. The molecule has 0 radical (unpaired) electrons. The first-order chi connectivity index (χ1) is 12.3. The number of anilines is 1. The third-order valence-corrected chi connectivity index (χ3v) is 6.22. The highest BCUT2D eigenvalue weighted by Crippen LogP contribution is 2.22. The molecule has 6 heteroatoms. The highest BCUT2D eigenvalue weighted by molar-refractivity contribution is 7.92. The van der Waals surface area contributed by atoms with Crippen LogP contribution >= 0.6 is 0 Å². The molecule has 1 saturated carbocycles. The van der Waals surface area contributed by atoms with Crippen molar-refractivity contribution in [3.8, 4) is 0 Å². The number of hydrogen-bond donors (Lipinski definition) is 2. The van der Waals surface area contributed by atoms with Crippen LogP contribution in [-0.2, 0) is 10.0 Å². The Bertz CT molecular complexity index is 916. The summed E-state index contributed by atoms with van der Waals surface area (Å²) in [6, 6.07) is 12.2. The molecule has 0 heterocycles. The molecule has 0 atom stereocenters. The molecule has 3 rings (SSSR count). The Morgan fingerprint density at radius 2 is 1.77 bits per heavy atom. The predicted octanol–water partition coefficient (Wildman–Crippen LogP) is 3.78. The maximum Gasteiger partial charge on any atom is 0.262 e. The highest BCUT2D eigenvalue weighted by atomic mass is 32.2. The van der Waals surface area contributed by atoms with E-state index in [-0.39, 0.29) is 16.8 Å². The standard InChI is InChI=1S/C20H24N2O3S/c1-14-6-5-9-18(12-14)22-26(24,25)19-13-16(11-10-15(19)2)20(23)21-17-7-3-4-8-17/h5-6,9-13,17,22H,3-4,7-8H2,1-2H3,(H,21,23). The minimum absolute atomic E-state index is 0.123. The second-order valence-corrected chi connectivity index (χ2v) is 8.56. The molecule has 2 aromatic rings. The Morgan fingerprint density at radius 1 is 1.04 bits per heavy atom. The Labute approximate surface area is 154 Å². The van der Waals surface area contributed by atoms with Crippen LogP contribution in [0.5, 0.6) is 0 Å². The van der Waals surface area contributed by atoms with Crippen LogP contribution in [0.4, 0.5) is 5.69 Å². The van der Waals surface area contributed by atoms with E-state index in [4.69, 9.17) is 0 Å². The van der Waals surface area contributed by atoms with Gasteiger partial charge in [0, 0.05) is 17.3 Å². The molecule has 1 fully saturated rings. The zero-order valence-corrected chi connectivity index (χ0v) is 15.9. The van der Waals surface area contributed by atoms with Gasteiger partial charge in [-0.15, -0.1) is 0 Å². The number of nitrogens with one attached hydrogen (secondary N) is 2. The minimum Gasteiger partial charge on any atom is -0.349 e. The molecule has 0 spiro atoms. The van der Waals surface area contributed by atoms with E-state index in [1.165, 1.54) is 6.07 Å². The summed E-state index contributed by atoms with van der Waals surface area (Å²) in [6.45, 7) is 3.63. The topological polar surface area (TPSA) is 75.3 Å². The van der Waals surface area contributed by atoms with Crippen LogP contribution in [-0.4, -0.2) is 20.4 Å².